The molecular formula is C6H10INO3. The van der Waals surface area contributed by atoms with Gasteiger partial charge in [-0.2, -0.15) is 0 Å². The molecule has 64 valence electrons. The van der Waals surface area contributed by atoms with E-state index in [4.69, 9.17) is 5.73 Å². The van der Waals surface area contributed by atoms with Crippen LogP contribution >= 0.6 is 22.6 Å². The summed E-state index contributed by atoms with van der Waals surface area (Å²) in [6.07, 6.45) is 0. The van der Waals surface area contributed by atoms with E-state index in [1.807, 2.05) is 0 Å². The third-order valence-electron chi connectivity index (χ3n) is 0.911. The van der Waals surface area contributed by atoms with Crippen molar-refractivity contribution in [1.29, 1.82) is 0 Å². The fourth-order valence-electron chi connectivity index (χ4n) is 0.292. The molecule has 0 aromatic heterocycles. The van der Waals surface area contributed by atoms with Crippen LogP contribution in [0.25, 0.3) is 0 Å². The first-order chi connectivity index (χ1) is 4.95. The smallest absolute Gasteiger partial charge is 0.324 e. The third kappa shape index (κ3) is 4.31. The van der Waals surface area contributed by atoms with E-state index in [0.717, 1.165) is 0 Å². The minimum Gasteiger partial charge on any atom is -0.442 e. The number of hydrogen-bond donors (Lipinski definition) is 1. The Labute approximate surface area is 78.6 Å². The molecule has 0 aliphatic rings. The van der Waals surface area contributed by atoms with E-state index in [0.29, 0.717) is 0 Å². The van der Waals surface area contributed by atoms with E-state index in [1.54, 1.807) is 22.6 Å². The van der Waals surface area contributed by atoms with E-state index in [-0.39, 0.29) is 5.78 Å². The summed E-state index contributed by atoms with van der Waals surface area (Å²) in [5.74, 6) is -0.751. The quantitative estimate of drug-likeness (QED) is 0.453. The van der Waals surface area contributed by atoms with Crippen LogP contribution in [0.15, 0.2) is 0 Å². The number of alkyl halides is 1. The van der Waals surface area contributed by atoms with Gasteiger partial charge in [0.05, 0.1) is 0 Å². The van der Waals surface area contributed by atoms with Gasteiger partial charge in [0, 0.05) is 0 Å². The van der Waals surface area contributed by atoms with Gasteiger partial charge in [-0.3, -0.25) is 9.59 Å². The molecule has 0 bridgehead atoms. The monoisotopic (exact) mass is 271 g/mol. The number of nitrogens with two attached hydrogens (primary N) is 1. The number of carbonyl (C=O) groups excluding carboxylic acids is 2. The molecule has 2 atom stereocenters. The van der Waals surface area contributed by atoms with Crippen molar-refractivity contribution in [3.05, 3.63) is 0 Å². The van der Waals surface area contributed by atoms with Crippen molar-refractivity contribution in [2.45, 2.75) is 24.0 Å². The van der Waals surface area contributed by atoms with Crippen molar-refractivity contribution in [3.8, 4) is 0 Å². The maximum atomic E-state index is 10.8. The highest BCUT2D eigenvalue weighted by Crippen LogP contribution is 2.04. The van der Waals surface area contributed by atoms with E-state index < -0.39 is 16.1 Å². The number of ketones is 1. The van der Waals surface area contributed by atoms with Crippen LogP contribution in [0.2, 0.25) is 0 Å². The van der Waals surface area contributed by atoms with Crippen LogP contribution in [0.1, 0.15) is 13.8 Å². The topological polar surface area (TPSA) is 69.4 Å². The number of ether oxygens (including phenoxy) is 1. The molecule has 4 nitrogen and oxygen atoms in total. The van der Waals surface area contributed by atoms with Crippen molar-refractivity contribution < 1.29 is 14.3 Å². The number of Topliss-reactive ketones (excluding diaryl/α,β-unsaturated/α-hetero) is 1. The zero-order valence-electron chi connectivity index (χ0n) is 6.33. The van der Waals surface area contributed by atoms with Crippen molar-refractivity contribution in [3.63, 3.8) is 0 Å². The maximum Gasteiger partial charge on any atom is 0.324 e. The van der Waals surface area contributed by atoms with E-state index >= 15 is 0 Å². The lowest BCUT2D eigenvalue weighted by Crippen LogP contribution is -2.32. The Balaban J connectivity index is 3.85. The molecule has 0 aliphatic heterocycles. The van der Waals surface area contributed by atoms with E-state index in [2.05, 4.69) is 4.74 Å². The standard InChI is InChI=1S/C6H10INO3/c1-3(8)6(10)11-5(7)4(2)9/h3,5H,8H2,1-2H3. The van der Waals surface area contributed by atoms with Gasteiger partial charge in [0.1, 0.15) is 6.04 Å². The molecule has 0 spiro atoms. The molecule has 0 radical (unpaired) electrons. The van der Waals surface area contributed by atoms with Crippen LogP contribution in [-0.2, 0) is 14.3 Å². The van der Waals surface area contributed by atoms with Gasteiger partial charge in [-0.25, -0.2) is 0 Å². The Bertz CT molecular complexity index is 169. The Morgan fingerprint density at radius 3 is 2.27 bits per heavy atom. The molecule has 0 aromatic rings. The number of halogens is 1. The summed E-state index contributed by atoms with van der Waals surface area (Å²) in [4.78, 5) is 21.3. The number of esters is 1. The summed E-state index contributed by atoms with van der Waals surface area (Å²) in [6, 6.07) is -0.674. The molecule has 0 heterocycles. The molecular weight excluding hydrogens is 261 g/mol. The van der Waals surface area contributed by atoms with Crippen molar-refractivity contribution in [1.82, 2.24) is 0 Å². The predicted molar refractivity (Wildman–Crippen MR) is 48.2 cm³/mol. The van der Waals surface area contributed by atoms with E-state index in [1.165, 1.54) is 13.8 Å². The average molecular weight is 271 g/mol. The summed E-state index contributed by atoms with van der Waals surface area (Å²) < 4.78 is 3.93. The highest BCUT2D eigenvalue weighted by molar-refractivity contribution is 14.1. The first-order valence-corrected chi connectivity index (χ1v) is 4.30. The van der Waals surface area contributed by atoms with Gasteiger partial charge in [-0.05, 0) is 36.4 Å². The summed E-state index contributed by atoms with van der Waals surface area (Å²) in [6.45, 7) is 2.86. The Morgan fingerprint density at radius 1 is 1.55 bits per heavy atom. The number of rotatable bonds is 3. The molecule has 2 unspecified atom stereocenters. The molecule has 0 amide bonds. The van der Waals surface area contributed by atoms with E-state index in [9.17, 15) is 9.59 Å². The van der Waals surface area contributed by atoms with Crippen LogP contribution in [0, 0.1) is 0 Å². The largest absolute Gasteiger partial charge is 0.442 e. The van der Waals surface area contributed by atoms with Crippen molar-refractivity contribution in [2.24, 2.45) is 5.73 Å². The zero-order valence-corrected chi connectivity index (χ0v) is 8.49. The molecule has 0 saturated heterocycles. The number of hydrogen-bond acceptors (Lipinski definition) is 4. The van der Waals surface area contributed by atoms with Gasteiger partial charge in [0.25, 0.3) is 0 Å². The summed E-state index contributed by atoms with van der Waals surface area (Å²) in [5, 5.41) is 0. The van der Waals surface area contributed by atoms with Gasteiger partial charge in [0.2, 0.25) is 4.11 Å². The molecule has 0 rings (SSSR count). The Kier molecular flexibility index (Phi) is 4.58. The van der Waals surface area contributed by atoms with Gasteiger partial charge >= 0.3 is 5.97 Å². The van der Waals surface area contributed by atoms with Gasteiger partial charge in [0.15, 0.2) is 5.78 Å². The lowest BCUT2D eigenvalue weighted by Gasteiger charge is -2.09. The lowest BCUT2D eigenvalue weighted by molar-refractivity contribution is -0.149. The Morgan fingerprint density at radius 2 is 2.00 bits per heavy atom. The maximum absolute atomic E-state index is 10.8. The second kappa shape index (κ2) is 4.66. The van der Waals surface area contributed by atoms with Crippen LogP contribution in [0.4, 0.5) is 0 Å². The normalized spacial score (nSPS) is 15.3. The fraction of sp³-hybridized carbons (Fsp3) is 0.667. The highest BCUT2D eigenvalue weighted by atomic mass is 127. The first kappa shape index (κ1) is 10.8. The number of carbonyl (C=O) groups is 2. The van der Waals surface area contributed by atoms with Crippen molar-refractivity contribution >= 4 is 34.3 Å². The molecule has 0 aromatic carbocycles. The summed E-state index contributed by atoms with van der Waals surface area (Å²) in [7, 11) is 0. The molecule has 5 heteroatoms. The second-order valence-electron chi connectivity index (χ2n) is 2.15. The van der Waals surface area contributed by atoms with Gasteiger partial charge in [-0.1, -0.05) is 0 Å². The Hall–Kier alpha value is -0.170. The van der Waals surface area contributed by atoms with Gasteiger partial charge in [-0.15, -0.1) is 0 Å². The highest BCUT2D eigenvalue weighted by Gasteiger charge is 2.17. The summed E-state index contributed by atoms with van der Waals surface area (Å²) >= 11 is 1.73. The molecule has 0 fully saturated rings. The average Bonchev–Trinajstić information content (AvgIpc) is 1.87. The minimum absolute atomic E-state index is 0.195. The fourth-order valence-corrected chi connectivity index (χ4v) is 0.543. The van der Waals surface area contributed by atoms with Crippen LogP contribution in [0.5, 0.6) is 0 Å². The molecule has 2 N–H and O–H groups in total. The molecule has 0 saturated carbocycles. The van der Waals surface area contributed by atoms with Gasteiger partial charge < -0.3 is 10.5 Å². The molecule has 11 heavy (non-hydrogen) atoms. The predicted octanol–water partition coefficient (Wildman–Crippen LogP) is 0.227. The SMILES string of the molecule is CC(=O)C(I)OC(=O)C(C)N. The second-order valence-corrected chi connectivity index (χ2v) is 3.28. The zero-order chi connectivity index (χ0) is 9.02. The van der Waals surface area contributed by atoms with Crippen LogP contribution < -0.4 is 5.73 Å². The van der Waals surface area contributed by atoms with Crippen LogP contribution in [0.3, 0.4) is 0 Å². The van der Waals surface area contributed by atoms with Crippen LogP contribution in [-0.4, -0.2) is 21.9 Å². The van der Waals surface area contributed by atoms with Crippen molar-refractivity contribution in [2.75, 3.05) is 0 Å². The first-order valence-electron chi connectivity index (χ1n) is 3.05. The summed E-state index contributed by atoms with van der Waals surface area (Å²) in [5.41, 5.74) is 5.20. The third-order valence-corrected chi connectivity index (χ3v) is 2.04. The lowest BCUT2D eigenvalue weighted by atomic mass is 10.4. The molecule has 0 aliphatic carbocycles. The minimum atomic E-state index is -0.717.